The van der Waals surface area contributed by atoms with Gasteiger partial charge in [-0.25, -0.2) is 0 Å². The topological polar surface area (TPSA) is 29.1 Å². The Hall–Kier alpha value is -0.730. The number of alkyl halides is 1. The Kier molecular flexibility index (Phi) is 4.43. The van der Waals surface area contributed by atoms with Gasteiger partial charge in [0.2, 0.25) is 5.91 Å². The lowest BCUT2D eigenvalue weighted by Crippen LogP contribution is -2.21. The van der Waals surface area contributed by atoms with Gasteiger partial charge in [-0.2, -0.15) is 0 Å². The van der Waals surface area contributed by atoms with Crippen LogP contribution in [0.3, 0.4) is 0 Å². The largest absolute Gasteiger partial charge is 0.326 e. The van der Waals surface area contributed by atoms with Crippen molar-refractivity contribution in [3.63, 3.8) is 0 Å². The van der Waals surface area contributed by atoms with Crippen LogP contribution in [0.2, 0.25) is 5.02 Å². The van der Waals surface area contributed by atoms with Crippen LogP contribution < -0.4 is 5.32 Å². The average Bonchev–Trinajstić information content (AvgIpc) is 2.22. The van der Waals surface area contributed by atoms with Crippen molar-refractivity contribution < 1.29 is 4.79 Å². The first kappa shape index (κ1) is 12.3. The second-order valence-corrected chi connectivity index (χ2v) is 4.22. The quantitative estimate of drug-likeness (QED) is 0.813. The predicted octanol–water partition coefficient (Wildman–Crippen LogP) is 3.46. The summed E-state index contributed by atoms with van der Waals surface area (Å²) in [6, 6.07) is 5.42. The third-order valence-electron chi connectivity index (χ3n) is 2.12. The first-order valence-corrected chi connectivity index (χ1v) is 5.59. The number of amides is 1. The van der Waals surface area contributed by atoms with Crippen molar-refractivity contribution in [1.82, 2.24) is 0 Å². The minimum absolute atomic E-state index is 0.0927. The van der Waals surface area contributed by atoms with Crippen LogP contribution in [0, 0.1) is 12.8 Å². The molecule has 0 saturated heterocycles. The first-order valence-electron chi connectivity index (χ1n) is 4.67. The van der Waals surface area contributed by atoms with Crippen molar-refractivity contribution in [2.45, 2.75) is 13.8 Å². The number of anilines is 1. The van der Waals surface area contributed by atoms with E-state index in [4.69, 9.17) is 23.2 Å². The van der Waals surface area contributed by atoms with Gasteiger partial charge in [0.1, 0.15) is 0 Å². The standard InChI is InChI=1S/C11H13Cl2NO/c1-7-3-4-9(5-10(7)13)14-11(15)8(2)6-12/h3-5,8H,6H2,1-2H3,(H,14,15). The monoisotopic (exact) mass is 245 g/mol. The number of hydrogen-bond acceptors (Lipinski definition) is 1. The van der Waals surface area contributed by atoms with Crippen LogP contribution in [0.25, 0.3) is 0 Å². The molecule has 1 atom stereocenters. The molecule has 0 spiro atoms. The van der Waals surface area contributed by atoms with Crippen LogP contribution in [-0.2, 0) is 4.79 Å². The molecule has 15 heavy (non-hydrogen) atoms. The molecule has 2 nitrogen and oxygen atoms in total. The van der Waals surface area contributed by atoms with Crippen LogP contribution in [0.15, 0.2) is 18.2 Å². The molecule has 1 N–H and O–H groups in total. The predicted molar refractivity (Wildman–Crippen MR) is 64.7 cm³/mol. The highest BCUT2D eigenvalue weighted by atomic mass is 35.5. The fraction of sp³-hybridized carbons (Fsp3) is 0.364. The van der Waals surface area contributed by atoms with Gasteiger partial charge >= 0.3 is 0 Å². The van der Waals surface area contributed by atoms with Gasteiger partial charge in [0.05, 0.1) is 0 Å². The van der Waals surface area contributed by atoms with E-state index in [9.17, 15) is 4.79 Å². The number of benzene rings is 1. The summed E-state index contributed by atoms with van der Waals surface area (Å²) in [4.78, 5) is 11.5. The second kappa shape index (κ2) is 5.38. The number of carbonyl (C=O) groups excluding carboxylic acids is 1. The van der Waals surface area contributed by atoms with Crippen LogP contribution in [0.5, 0.6) is 0 Å². The van der Waals surface area contributed by atoms with E-state index in [-0.39, 0.29) is 11.8 Å². The third kappa shape index (κ3) is 3.40. The molecule has 0 fully saturated rings. The number of rotatable bonds is 3. The summed E-state index contributed by atoms with van der Waals surface area (Å²) in [5.41, 5.74) is 1.69. The maximum absolute atomic E-state index is 11.5. The van der Waals surface area contributed by atoms with Gasteiger partial charge in [0, 0.05) is 22.5 Å². The number of carbonyl (C=O) groups is 1. The highest BCUT2D eigenvalue weighted by Crippen LogP contribution is 2.20. The van der Waals surface area contributed by atoms with Gasteiger partial charge in [0.15, 0.2) is 0 Å². The number of hydrogen-bond donors (Lipinski definition) is 1. The van der Waals surface area contributed by atoms with E-state index in [1.54, 1.807) is 13.0 Å². The van der Waals surface area contributed by atoms with E-state index in [0.717, 1.165) is 5.56 Å². The van der Waals surface area contributed by atoms with Crippen LogP contribution in [0.1, 0.15) is 12.5 Å². The van der Waals surface area contributed by atoms with Crippen LogP contribution in [0.4, 0.5) is 5.69 Å². The zero-order valence-electron chi connectivity index (χ0n) is 8.68. The highest BCUT2D eigenvalue weighted by Gasteiger charge is 2.11. The Morgan fingerprint density at radius 2 is 2.20 bits per heavy atom. The van der Waals surface area contributed by atoms with Gasteiger partial charge in [-0.1, -0.05) is 24.6 Å². The summed E-state index contributed by atoms with van der Waals surface area (Å²) in [7, 11) is 0. The van der Waals surface area contributed by atoms with E-state index in [0.29, 0.717) is 16.6 Å². The number of aryl methyl sites for hydroxylation is 1. The number of halogens is 2. The third-order valence-corrected chi connectivity index (χ3v) is 2.99. The molecule has 1 amide bonds. The fourth-order valence-corrected chi connectivity index (χ4v) is 1.33. The highest BCUT2D eigenvalue weighted by molar-refractivity contribution is 6.31. The zero-order chi connectivity index (χ0) is 11.4. The van der Waals surface area contributed by atoms with Crippen LogP contribution in [-0.4, -0.2) is 11.8 Å². The lowest BCUT2D eigenvalue weighted by Gasteiger charge is -2.10. The summed E-state index contributed by atoms with van der Waals surface area (Å²) in [6.07, 6.45) is 0. The Bertz CT molecular complexity index is 366. The number of nitrogens with one attached hydrogen (secondary N) is 1. The Labute approximate surface area is 99.6 Å². The molecule has 0 heterocycles. The summed E-state index contributed by atoms with van der Waals surface area (Å²) < 4.78 is 0. The molecule has 1 unspecified atom stereocenters. The van der Waals surface area contributed by atoms with Gasteiger partial charge in [0.25, 0.3) is 0 Å². The Balaban J connectivity index is 2.73. The molecular formula is C11H13Cl2NO. The van der Waals surface area contributed by atoms with E-state index in [2.05, 4.69) is 5.32 Å². The van der Waals surface area contributed by atoms with Crippen molar-refractivity contribution >= 4 is 34.8 Å². The average molecular weight is 246 g/mol. The molecule has 0 aliphatic rings. The van der Waals surface area contributed by atoms with E-state index in [1.807, 2.05) is 19.1 Å². The van der Waals surface area contributed by atoms with Crippen molar-refractivity contribution in [2.24, 2.45) is 5.92 Å². The molecule has 1 rings (SSSR count). The molecule has 0 radical (unpaired) electrons. The molecule has 0 aliphatic heterocycles. The molecule has 0 saturated carbocycles. The summed E-state index contributed by atoms with van der Waals surface area (Å²) in [5, 5.41) is 3.40. The van der Waals surface area contributed by atoms with Crippen LogP contribution >= 0.6 is 23.2 Å². The summed E-state index contributed by atoms with van der Waals surface area (Å²) in [5.74, 6) is 0.0162. The lowest BCUT2D eigenvalue weighted by atomic mass is 10.2. The summed E-state index contributed by atoms with van der Waals surface area (Å²) in [6.45, 7) is 3.69. The van der Waals surface area contributed by atoms with Crippen molar-refractivity contribution in [3.05, 3.63) is 28.8 Å². The maximum Gasteiger partial charge on any atom is 0.228 e. The molecule has 1 aromatic carbocycles. The van der Waals surface area contributed by atoms with Gasteiger partial charge < -0.3 is 5.32 Å². The second-order valence-electron chi connectivity index (χ2n) is 3.51. The van der Waals surface area contributed by atoms with E-state index < -0.39 is 0 Å². The van der Waals surface area contributed by atoms with Gasteiger partial charge in [-0.15, -0.1) is 11.6 Å². The molecule has 0 bridgehead atoms. The smallest absolute Gasteiger partial charge is 0.228 e. The maximum atomic E-state index is 11.5. The minimum atomic E-state index is -0.202. The molecule has 1 aromatic rings. The Morgan fingerprint density at radius 3 is 2.73 bits per heavy atom. The van der Waals surface area contributed by atoms with Gasteiger partial charge in [-0.3, -0.25) is 4.79 Å². The van der Waals surface area contributed by atoms with E-state index in [1.165, 1.54) is 0 Å². The molecule has 0 aromatic heterocycles. The normalized spacial score (nSPS) is 12.3. The zero-order valence-corrected chi connectivity index (χ0v) is 10.2. The van der Waals surface area contributed by atoms with Crippen molar-refractivity contribution in [3.8, 4) is 0 Å². The lowest BCUT2D eigenvalue weighted by molar-refractivity contribution is -0.118. The molecular weight excluding hydrogens is 233 g/mol. The van der Waals surface area contributed by atoms with Crippen molar-refractivity contribution in [1.29, 1.82) is 0 Å². The fourth-order valence-electron chi connectivity index (χ4n) is 1.01. The molecule has 4 heteroatoms. The Morgan fingerprint density at radius 1 is 1.53 bits per heavy atom. The SMILES string of the molecule is Cc1ccc(NC(=O)C(C)CCl)cc1Cl. The minimum Gasteiger partial charge on any atom is -0.326 e. The van der Waals surface area contributed by atoms with Gasteiger partial charge in [-0.05, 0) is 24.6 Å². The van der Waals surface area contributed by atoms with E-state index >= 15 is 0 Å². The summed E-state index contributed by atoms with van der Waals surface area (Å²) >= 11 is 11.5. The van der Waals surface area contributed by atoms with Crippen molar-refractivity contribution in [2.75, 3.05) is 11.2 Å². The molecule has 82 valence electrons. The first-order chi connectivity index (χ1) is 7.04. The molecule has 0 aliphatic carbocycles.